The van der Waals surface area contributed by atoms with Gasteiger partial charge in [-0.1, -0.05) is 99.6 Å². The number of carboxylic acid groups (broad SMARTS) is 1. The highest BCUT2D eigenvalue weighted by molar-refractivity contribution is 5.87. The number of aromatic amines is 2. The van der Waals surface area contributed by atoms with Crippen LogP contribution < -0.4 is 5.32 Å². The van der Waals surface area contributed by atoms with E-state index < -0.39 is 12.1 Å². The third-order valence-electron chi connectivity index (χ3n) is 11.2. The molecule has 286 valence electrons. The van der Waals surface area contributed by atoms with E-state index in [1.807, 2.05) is 17.2 Å². The zero-order chi connectivity index (χ0) is 38.5. The maximum Gasteiger partial charge on any atom is 0.405 e. The lowest BCUT2D eigenvalue weighted by atomic mass is 10.0. The van der Waals surface area contributed by atoms with Gasteiger partial charge in [0.05, 0.1) is 41.9 Å². The molecule has 0 saturated carbocycles. The number of carbonyl (C=O) groups is 3. The maximum atomic E-state index is 13.7. The van der Waals surface area contributed by atoms with E-state index in [1.54, 1.807) is 35.4 Å². The van der Waals surface area contributed by atoms with Crippen LogP contribution in [-0.2, 0) is 9.59 Å². The van der Waals surface area contributed by atoms with E-state index >= 15 is 0 Å². The fraction of sp³-hybridized carbons (Fsp3) is 0.372. The molecule has 7 rings (SSSR count). The lowest BCUT2D eigenvalue weighted by molar-refractivity contribution is -0.138. The van der Waals surface area contributed by atoms with Crippen LogP contribution in [-0.4, -0.2) is 89.9 Å². The number of nitrogens with one attached hydrogen (secondary N) is 3. The van der Waals surface area contributed by atoms with Crippen LogP contribution >= 0.6 is 0 Å². The molecule has 0 bridgehead atoms. The van der Waals surface area contributed by atoms with Gasteiger partial charge in [0.2, 0.25) is 5.91 Å². The second-order valence-electron chi connectivity index (χ2n) is 14.3. The van der Waals surface area contributed by atoms with E-state index in [1.165, 1.54) is 0 Å². The van der Waals surface area contributed by atoms with E-state index in [9.17, 15) is 19.5 Å². The minimum atomic E-state index is -1.25. The summed E-state index contributed by atoms with van der Waals surface area (Å²) in [5, 5.41) is 11.9. The Labute approximate surface area is 322 Å². The molecule has 2 fully saturated rings. The molecule has 3 aromatic carbocycles. The first-order valence-electron chi connectivity index (χ1n) is 19.5. The van der Waals surface area contributed by atoms with Gasteiger partial charge >= 0.3 is 6.09 Å². The minimum Gasteiger partial charge on any atom is -0.465 e. The molecular weight excluding hydrogens is 693 g/mol. The van der Waals surface area contributed by atoms with Gasteiger partial charge in [-0.3, -0.25) is 14.5 Å². The van der Waals surface area contributed by atoms with E-state index in [0.717, 1.165) is 91.2 Å². The number of likely N-dealkylation sites (tertiary alicyclic amines) is 2. The number of benzene rings is 3. The van der Waals surface area contributed by atoms with Crippen LogP contribution in [0, 0.1) is 0 Å². The van der Waals surface area contributed by atoms with E-state index in [-0.39, 0.29) is 29.9 Å². The number of hydrogen-bond acceptors (Lipinski definition) is 6. The second kappa shape index (κ2) is 16.7. The van der Waals surface area contributed by atoms with E-state index in [2.05, 4.69) is 94.5 Å². The van der Waals surface area contributed by atoms with Gasteiger partial charge in [-0.25, -0.2) is 14.8 Å². The van der Waals surface area contributed by atoms with Crippen LogP contribution in [0.5, 0.6) is 0 Å². The molecule has 4 N–H and O–H groups in total. The molecular formula is C43H50N8O4. The topological polar surface area (TPSA) is 151 Å². The third kappa shape index (κ3) is 7.91. The highest BCUT2D eigenvalue weighted by Crippen LogP contribution is 2.36. The Balaban J connectivity index is 1.01. The first-order valence-corrected chi connectivity index (χ1v) is 19.5. The highest BCUT2D eigenvalue weighted by atomic mass is 16.4. The minimum absolute atomic E-state index is 0.0395. The van der Waals surface area contributed by atoms with Crippen molar-refractivity contribution < 1.29 is 19.5 Å². The van der Waals surface area contributed by atoms with Crippen LogP contribution in [0.2, 0.25) is 0 Å². The van der Waals surface area contributed by atoms with Gasteiger partial charge in [-0.05, 0) is 73.0 Å². The molecule has 2 aromatic heterocycles. The number of hydrogen-bond donors (Lipinski definition) is 4. The van der Waals surface area contributed by atoms with Gasteiger partial charge in [0.25, 0.3) is 5.91 Å². The van der Waals surface area contributed by atoms with Gasteiger partial charge in [0.1, 0.15) is 17.7 Å². The SMILES string of the molecule is CC[C@@H](C(=O)N1CCCC1c1ncc(-c2ccc(-c3ccc(-c4cnc([C@@H]5CCCN5C(=O)[C@H](NC(=O)O)c5ccccc5)[nH]4)cc3)cc2)[nH]1)N(CC)CC. The number of aromatic nitrogens is 4. The molecule has 3 amide bonds. The van der Waals surface area contributed by atoms with Crippen LogP contribution in [0.15, 0.2) is 91.3 Å². The predicted octanol–water partition coefficient (Wildman–Crippen LogP) is 7.59. The Bertz CT molecular complexity index is 2070. The molecule has 55 heavy (non-hydrogen) atoms. The Morgan fingerprint density at radius 2 is 1.20 bits per heavy atom. The average Bonchev–Trinajstić information content (AvgIpc) is 4.06. The summed E-state index contributed by atoms with van der Waals surface area (Å²) in [7, 11) is 0. The summed E-state index contributed by atoms with van der Waals surface area (Å²) in [6, 6.07) is 24.2. The maximum absolute atomic E-state index is 13.7. The molecule has 0 spiro atoms. The molecule has 0 radical (unpaired) electrons. The summed E-state index contributed by atoms with van der Waals surface area (Å²) >= 11 is 0. The lowest BCUT2D eigenvalue weighted by Crippen LogP contribution is -2.48. The highest BCUT2D eigenvalue weighted by Gasteiger charge is 2.38. The first-order chi connectivity index (χ1) is 26.8. The van der Waals surface area contributed by atoms with Crippen molar-refractivity contribution in [3.8, 4) is 33.6 Å². The van der Waals surface area contributed by atoms with Gasteiger partial charge in [-0.15, -0.1) is 0 Å². The van der Waals surface area contributed by atoms with Crippen LogP contribution in [0.3, 0.4) is 0 Å². The van der Waals surface area contributed by atoms with Crippen LogP contribution in [0.1, 0.15) is 88.2 Å². The standard InChI is InChI=1S/C43H50N8O4/c1-4-35(49(5-2)6-3)41(52)50-24-10-14-36(50)39-44-26-33(46-39)30-20-16-28(17-21-30)29-18-22-31(23-19-29)34-27-45-40(47-34)37-15-11-25-51(37)42(53)38(48-43(54)55)32-12-8-7-9-13-32/h7-9,12-13,16-23,26-27,35-38,48H,4-6,10-11,14-15,24-25H2,1-3H3,(H,44,46)(H,45,47)(H,54,55)/t35-,36?,37-,38+/m0/s1. The van der Waals surface area contributed by atoms with Crippen molar-refractivity contribution in [3.05, 3.63) is 108 Å². The van der Waals surface area contributed by atoms with Crippen molar-refractivity contribution >= 4 is 17.9 Å². The zero-order valence-electron chi connectivity index (χ0n) is 31.7. The Morgan fingerprint density at radius 3 is 1.65 bits per heavy atom. The summed E-state index contributed by atoms with van der Waals surface area (Å²) in [6.45, 7) is 9.31. The number of H-pyrrole nitrogens is 2. The number of imidazole rings is 2. The largest absolute Gasteiger partial charge is 0.465 e. The molecule has 5 aromatic rings. The first kappa shape index (κ1) is 37.6. The average molecular weight is 743 g/mol. The smallest absolute Gasteiger partial charge is 0.405 e. The molecule has 1 unspecified atom stereocenters. The summed E-state index contributed by atoms with van der Waals surface area (Å²) in [4.78, 5) is 61.4. The fourth-order valence-corrected chi connectivity index (χ4v) is 8.29. The van der Waals surface area contributed by atoms with Crippen molar-refractivity contribution in [1.29, 1.82) is 0 Å². The zero-order valence-corrected chi connectivity index (χ0v) is 31.7. The summed E-state index contributed by atoms with van der Waals surface area (Å²) in [5.41, 5.74) is 6.53. The van der Waals surface area contributed by atoms with Crippen molar-refractivity contribution in [2.24, 2.45) is 0 Å². The molecule has 12 nitrogen and oxygen atoms in total. The molecule has 2 aliphatic heterocycles. The normalized spacial score (nSPS) is 18.1. The second-order valence-corrected chi connectivity index (χ2v) is 14.3. The molecule has 0 aliphatic carbocycles. The lowest BCUT2D eigenvalue weighted by Gasteiger charge is -2.33. The monoisotopic (exact) mass is 742 g/mol. The Kier molecular flexibility index (Phi) is 11.4. The number of amides is 3. The number of carbonyl (C=O) groups excluding carboxylic acids is 2. The van der Waals surface area contributed by atoms with Crippen molar-refractivity contribution in [2.75, 3.05) is 26.2 Å². The quantitative estimate of drug-likeness (QED) is 0.0971. The van der Waals surface area contributed by atoms with Crippen molar-refractivity contribution in [3.63, 3.8) is 0 Å². The van der Waals surface area contributed by atoms with Gasteiger partial charge < -0.3 is 30.2 Å². The predicted molar refractivity (Wildman–Crippen MR) is 212 cm³/mol. The molecule has 4 heterocycles. The summed E-state index contributed by atoms with van der Waals surface area (Å²) in [5.74, 6) is 1.44. The Hall–Kier alpha value is -5.75. The summed E-state index contributed by atoms with van der Waals surface area (Å²) in [6.07, 6.45) is 6.61. The van der Waals surface area contributed by atoms with Gasteiger partial charge in [0.15, 0.2) is 0 Å². The molecule has 2 saturated heterocycles. The van der Waals surface area contributed by atoms with E-state index in [0.29, 0.717) is 17.9 Å². The Morgan fingerprint density at radius 1 is 0.727 bits per heavy atom. The fourth-order valence-electron chi connectivity index (χ4n) is 8.29. The number of rotatable bonds is 13. The summed E-state index contributed by atoms with van der Waals surface area (Å²) < 4.78 is 0. The van der Waals surface area contributed by atoms with Crippen LogP contribution in [0.25, 0.3) is 33.6 Å². The van der Waals surface area contributed by atoms with Crippen molar-refractivity contribution in [2.45, 2.75) is 77.0 Å². The van der Waals surface area contributed by atoms with E-state index in [4.69, 9.17) is 4.98 Å². The molecule has 12 heteroatoms. The van der Waals surface area contributed by atoms with Crippen molar-refractivity contribution in [1.82, 2.24) is 40.0 Å². The number of nitrogens with zero attached hydrogens (tertiary/aromatic N) is 5. The third-order valence-corrected chi connectivity index (χ3v) is 11.2. The molecule has 4 atom stereocenters. The van der Waals surface area contributed by atoms with Gasteiger partial charge in [-0.2, -0.15) is 0 Å². The van der Waals surface area contributed by atoms with Crippen LogP contribution in [0.4, 0.5) is 4.79 Å². The molecule has 2 aliphatic rings. The van der Waals surface area contributed by atoms with Gasteiger partial charge in [0, 0.05) is 13.1 Å². The number of likely N-dealkylation sites (N-methyl/N-ethyl adjacent to an activating group) is 1.